The lowest BCUT2D eigenvalue weighted by molar-refractivity contribution is -0.141. The van der Waals surface area contributed by atoms with E-state index in [4.69, 9.17) is 5.73 Å². The lowest BCUT2D eigenvalue weighted by Crippen LogP contribution is -2.41. The summed E-state index contributed by atoms with van der Waals surface area (Å²) in [5.41, 5.74) is 6.08. The van der Waals surface area contributed by atoms with Crippen molar-refractivity contribution in [3.8, 4) is 0 Å². The van der Waals surface area contributed by atoms with Gasteiger partial charge >= 0.3 is 5.97 Å². The fourth-order valence-corrected chi connectivity index (χ4v) is 5.80. The van der Waals surface area contributed by atoms with Crippen molar-refractivity contribution in [2.24, 2.45) is 0 Å². The molecular formula is C12H16Br2N2O4S. The minimum atomic E-state index is -3.90. The van der Waals surface area contributed by atoms with Crippen LogP contribution in [0.1, 0.15) is 13.8 Å². The average Bonchev–Trinajstić information content (AvgIpc) is 2.33. The quantitative estimate of drug-likeness (QED) is 0.557. The molecule has 0 atom stereocenters. The fraction of sp³-hybridized carbons (Fsp3) is 0.417. The Morgan fingerprint density at radius 1 is 1.33 bits per heavy atom. The number of anilines is 1. The summed E-state index contributed by atoms with van der Waals surface area (Å²) in [6.07, 6.45) is 0. The van der Waals surface area contributed by atoms with Crippen molar-refractivity contribution in [2.45, 2.75) is 24.8 Å². The number of hydrogen-bond donors (Lipinski definition) is 1. The lowest BCUT2D eigenvalue weighted by atomic mass is 10.3. The second-order valence-corrected chi connectivity index (χ2v) is 8.07. The Labute approximate surface area is 140 Å². The Bertz CT molecular complexity index is 624. The number of sulfonamides is 1. The van der Waals surface area contributed by atoms with Crippen LogP contribution in [0.15, 0.2) is 26.0 Å². The van der Waals surface area contributed by atoms with E-state index in [1.807, 2.05) is 0 Å². The molecule has 0 unspecified atom stereocenters. The Hall–Kier alpha value is -0.640. The Balaban J connectivity index is 3.40. The number of nitrogen functional groups attached to an aromatic ring is 1. The third kappa shape index (κ3) is 4.18. The summed E-state index contributed by atoms with van der Waals surface area (Å²) in [5.74, 6) is -0.630. The van der Waals surface area contributed by atoms with Crippen molar-refractivity contribution in [1.29, 1.82) is 0 Å². The topological polar surface area (TPSA) is 89.7 Å². The molecular weight excluding hydrogens is 428 g/mol. The van der Waals surface area contributed by atoms with E-state index in [-0.39, 0.29) is 11.4 Å². The van der Waals surface area contributed by atoms with Gasteiger partial charge in [-0.05, 0) is 57.8 Å². The van der Waals surface area contributed by atoms with Crippen molar-refractivity contribution in [3.05, 3.63) is 21.1 Å². The maximum atomic E-state index is 12.8. The summed E-state index contributed by atoms with van der Waals surface area (Å²) in [6, 6.07) is 2.58. The van der Waals surface area contributed by atoms with E-state index in [1.54, 1.807) is 13.8 Å². The van der Waals surface area contributed by atoms with Gasteiger partial charge in [-0.2, -0.15) is 4.31 Å². The summed E-state index contributed by atoms with van der Waals surface area (Å²) in [6.45, 7) is 3.00. The Morgan fingerprint density at radius 3 is 2.19 bits per heavy atom. The molecule has 0 heterocycles. The van der Waals surface area contributed by atoms with E-state index in [0.717, 1.165) is 4.31 Å². The van der Waals surface area contributed by atoms with Gasteiger partial charge in [0.05, 0.1) is 7.11 Å². The summed E-state index contributed by atoms with van der Waals surface area (Å²) in [5, 5.41) is 0. The van der Waals surface area contributed by atoms with E-state index in [2.05, 4.69) is 36.6 Å². The molecule has 1 aromatic carbocycles. The van der Waals surface area contributed by atoms with Crippen molar-refractivity contribution in [3.63, 3.8) is 0 Å². The molecule has 0 aromatic heterocycles. The molecule has 0 spiro atoms. The smallest absolute Gasteiger partial charge is 0.321 e. The molecule has 1 aromatic rings. The number of nitrogens with zero attached hydrogens (tertiary/aromatic N) is 1. The highest BCUT2D eigenvalue weighted by Gasteiger charge is 2.32. The first-order chi connectivity index (χ1) is 9.61. The molecule has 0 aliphatic heterocycles. The van der Waals surface area contributed by atoms with Gasteiger partial charge in [0.2, 0.25) is 10.0 Å². The summed E-state index contributed by atoms with van der Waals surface area (Å²) >= 11 is 6.40. The zero-order chi connectivity index (χ0) is 16.4. The maximum absolute atomic E-state index is 12.8. The second-order valence-electron chi connectivity index (χ2n) is 4.53. The fourth-order valence-electron chi connectivity index (χ4n) is 1.68. The highest BCUT2D eigenvalue weighted by molar-refractivity contribution is 9.11. The zero-order valence-electron chi connectivity index (χ0n) is 11.8. The van der Waals surface area contributed by atoms with E-state index in [9.17, 15) is 13.2 Å². The summed E-state index contributed by atoms with van der Waals surface area (Å²) in [4.78, 5) is 11.5. The van der Waals surface area contributed by atoms with Crippen LogP contribution in [0.4, 0.5) is 5.69 Å². The largest absolute Gasteiger partial charge is 0.468 e. The number of ether oxygens (including phenoxy) is 1. The van der Waals surface area contributed by atoms with Gasteiger partial charge in [0, 0.05) is 20.7 Å². The Kier molecular flexibility index (Phi) is 6.21. The number of rotatable bonds is 5. The van der Waals surface area contributed by atoms with Gasteiger partial charge in [0.25, 0.3) is 0 Å². The van der Waals surface area contributed by atoms with Crippen LogP contribution in [0.2, 0.25) is 0 Å². The molecule has 6 nitrogen and oxygen atoms in total. The van der Waals surface area contributed by atoms with E-state index < -0.39 is 22.0 Å². The van der Waals surface area contributed by atoms with Crippen molar-refractivity contribution in [1.82, 2.24) is 4.31 Å². The molecule has 0 radical (unpaired) electrons. The maximum Gasteiger partial charge on any atom is 0.321 e. The van der Waals surface area contributed by atoms with Gasteiger partial charge in [-0.1, -0.05) is 0 Å². The van der Waals surface area contributed by atoms with Gasteiger partial charge in [-0.3, -0.25) is 4.79 Å². The summed E-state index contributed by atoms with van der Waals surface area (Å²) < 4.78 is 31.9. The first-order valence-corrected chi connectivity index (χ1v) is 8.97. The highest BCUT2D eigenvalue weighted by atomic mass is 79.9. The minimum absolute atomic E-state index is 0.0225. The van der Waals surface area contributed by atoms with Crippen LogP contribution >= 0.6 is 31.9 Å². The number of carbonyl (C=O) groups is 1. The van der Waals surface area contributed by atoms with Crippen LogP contribution in [0.5, 0.6) is 0 Å². The van der Waals surface area contributed by atoms with Gasteiger partial charge in [0.15, 0.2) is 0 Å². The molecule has 0 saturated heterocycles. The first kappa shape index (κ1) is 18.4. The van der Waals surface area contributed by atoms with Gasteiger partial charge in [-0.25, -0.2) is 8.42 Å². The molecule has 9 heteroatoms. The molecule has 0 bridgehead atoms. The van der Waals surface area contributed by atoms with Crippen molar-refractivity contribution >= 4 is 53.5 Å². The van der Waals surface area contributed by atoms with Crippen LogP contribution in [0.25, 0.3) is 0 Å². The second kappa shape index (κ2) is 7.08. The van der Waals surface area contributed by atoms with Crippen LogP contribution in [0, 0.1) is 0 Å². The van der Waals surface area contributed by atoms with Crippen LogP contribution in [-0.2, 0) is 19.6 Å². The zero-order valence-corrected chi connectivity index (χ0v) is 15.7. The highest BCUT2D eigenvalue weighted by Crippen LogP contribution is 2.34. The minimum Gasteiger partial charge on any atom is -0.468 e. The van der Waals surface area contributed by atoms with Gasteiger partial charge < -0.3 is 10.5 Å². The molecule has 2 N–H and O–H groups in total. The SMILES string of the molecule is COC(=O)CN(C(C)C)S(=O)(=O)c1c(Br)cc(N)cc1Br. The molecule has 0 aliphatic carbocycles. The van der Waals surface area contributed by atoms with Crippen LogP contribution in [0.3, 0.4) is 0 Å². The monoisotopic (exact) mass is 442 g/mol. The number of hydrogen-bond acceptors (Lipinski definition) is 5. The van der Waals surface area contributed by atoms with E-state index in [1.165, 1.54) is 19.2 Å². The molecule has 0 aliphatic rings. The molecule has 0 saturated carbocycles. The number of nitrogens with two attached hydrogens (primary N) is 1. The van der Waals surface area contributed by atoms with E-state index >= 15 is 0 Å². The van der Waals surface area contributed by atoms with Crippen LogP contribution in [-0.4, -0.2) is 38.4 Å². The number of carbonyl (C=O) groups excluding carboxylic acids is 1. The predicted octanol–water partition coefficient (Wildman–Crippen LogP) is 2.37. The standard InChI is InChI=1S/C12H16Br2N2O4S/c1-7(2)16(6-11(17)20-3)21(18,19)12-9(13)4-8(15)5-10(12)14/h4-5,7H,6,15H2,1-3H3. The Morgan fingerprint density at radius 2 is 1.81 bits per heavy atom. The molecule has 1 rings (SSSR count). The molecule has 118 valence electrons. The number of benzene rings is 1. The molecule has 0 fully saturated rings. The average molecular weight is 444 g/mol. The normalized spacial score (nSPS) is 12.0. The number of esters is 1. The number of halogens is 2. The van der Waals surface area contributed by atoms with Crippen molar-refractivity contribution in [2.75, 3.05) is 19.4 Å². The predicted molar refractivity (Wildman–Crippen MR) is 87.3 cm³/mol. The van der Waals surface area contributed by atoms with Crippen LogP contribution < -0.4 is 5.73 Å². The molecule has 21 heavy (non-hydrogen) atoms. The lowest BCUT2D eigenvalue weighted by Gasteiger charge is -2.25. The van der Waals surface area contributed by atoms with Crippen molar-refractivity contribution < 1.29 is 17.9 Å². The third-order valence-electron chi connectivity index (χ3n) is 2.68. The van der Waals surface area contributed by atoms with Gasteiger partial charge in [-0.15, -0.1) is 0 Å². The van der Waals surface area contributed by atoms with Gasteiger partial charge in [0.1, 0.15) is 11.4 Å². The molecule has 0 amide bonds. The third-order valence-corrected chi connectivity index (χ3v) is 6.58. The summed E-state index contributed by atoms with van der Waals surface area (Å²) in [7, 11) is -2.69. The first-order valence-electron chi connectivity index (χ1n) is 5.94. The van der Waals surface area contributed by atoms with E-state index in [0.29, 0.717) is 14.6 Å². The number of methoxy groups -OCH3 is 1.